The molecule has 0 radical (unpaired) electrons. The normalized spacial score (nSPS) is 12.5. The minimum atomic E-state index is -1.11. The van der Waals surface area contributed by atoms with Gasteiger partial charge < -0.3 is 10.4 Å². The molecule has 0 unspecified atom stereocenters. The van der Waals surface area contributed by atoms with Crippen LogP contribution in [0.2, 0.25) is 0 Å². The number of carboxylic acids is 1. The van der Waals surface area contributed by atoms with Crippen molar-refractivity contribution in [2.45, 2.75) is 26.4 Å². The Kier molecular flexibility index (Phi) is 4.06. The van der Waals surface area contributed by atoms with Crippen molar-refractivity contribution in [3.05, 3.63) is 34.9 Å². The molecule has 0 aliphatic heterocycles. The Morgan fingerprint density at radius 2 is 2.10 bits per heavy atom. The maximum Gasteiger partial charge on any atom is 0.350 e. The first-order valence-corrected chi connectivity index (χ1v) is 6.46. The molecule has 2 aromatic rings. The smallest absolute Gasteiger partial charge is 0.350 e. The highest BCUT2D eigenvalue weighted by Crippen LogP contribution is 2.02. The second kappa shape index (κ2) is 5.78. The number of carbonyl (C=O) groups excluding carboxylic acids is 1. The zero-order valence-corrected chi connectivity index (χ0v) is 11.7. The summed E-state index contributed by atoms with van der Waals surface area (Å²) in [6, 6.07) is 4.06. The van der Waals surface area contributed by atoms with Crippen LogP contribution >= 0.6 is 0 Å². The van der Waals surface area contributed by atoms with Gasteiger partial charge in [0.15, 0.2) is 5.65 Å². The summed E-state index contributed by atoms with van der Waals surface area (Å²) in [5.74, 6) is -1.94. The topological polar surface area (TPSA) is 106 Å². The summed E-state index contributed by atoms with van der Waals surface area (Å²) in [4.78, 5) is 34.9. The summed E-state index contributed by atoms with van der Waals surface area (Å²) in [6.45, 7) is 3.06. The van der Waals surface area contributed by atoms with Gasteiger partial charge in [0, 0.05) is 6.20 Å². The molecule has 0 aliphatic rings. The Bertz CT molecular complexity index is 731. The molecule has 0 spiro atoms. The van der Waals surface area contributed by atoms with E-state index in [1.54, 1.807) is 38.2 Å². The van der Waals surface area contributed by atoms with E-state index in [1.807, 2.05) is 0 Å². The van der Waals surface area contributed by atoms with Crippen LogP contribution in [0.4, 0.5) is 0 Å². The molecule has 2 aromatic heterocycles. The summed E-state index contributed by atoms with van der Waals surface area (Å²) in [7, 11) is 0. The molecule has 1 atom stereocenters. The van der Waals surface area contributed by atoms with Crippen molar-refractivity contribution in [3.63, 3.8) is 0 Å². The molecule has 1 amide bonds. The van der Waals surface area contributed by atoms with Crippen LogP contribution in [0.15, 0.2) is 29.2 Å². The molecule has 0 saturated heterocycles. The van der Waals surface area contributed by atoms with E-state index in [9.17, 15) is 14.4 Å². The number of fused-ring (bicyclic) bond motifs is 1. The van der Waals surface area contributed by atoms with Crippen molar-refractivity contribution in [2.24, 2.45) is 5.92 Å². The predicted molar refractivity (Wildman–Crippen MR) is 73.9 cm³/mol. The number of carbonyl (C=O) groups is 2. The molecular weight excluding hydrogens is 276 g/mol. The number of hydrogen-bond donors (Lipinski definition) is 2. The molecule has 0 saturated carbocycles. The monoisotopic (exact) mass is 292 g/mol. The molecule has 8 heteroatoms. The first-order valence-electron chi connectivity index (χ1n) is 6.46. The molecule has 0 aliphatic carbocycles. The van der Waals surface area contributed by atoms with Crippen LogP contribution in [0.5, 0.6) is 0 Å². The Morgan fingerprint density at radius 1 is 1.38 bits per heavy atom. The third-order valence-corrected chi connectivity index (χ3v) is 3.03. The number of pyridine rings is 1. The summed E-state index contributed by atoms with van der Waals surface area (Å²) in [6.07, 6.45) is 1.55. The van der Waals surface area contributed by atoms with E-state index < -0.39 is 23.6 Å². The highest BCUT2D eigenvalue weighted by molar-refractivity contribution is 5.83. The molecule has 0 bridgehead atoms. The summed E-state index contributed by atoms with van der Waals surface area (Å²) in [5, 5.41) is 15.4. The van der Waals surface area contributed by atoms with Crippen LogP contribution in [0.3, 0.4) is 0 Å². The van der Waals surface area contributed by atoms with Crippen LogP contribution in [0.1, 0.15) is 13.8 Å². The van der Waals surface area contributed by atoms with E-state index >= 15 is 0 Å². The minimum absolute atomic E-state index is 0.260. The van der Waals surface area contributed by atoms with Crippen LogP contribution in [0, 0.1) is 5.92 Å². The van der Waals surface area contributed by atoms with Gasteiger partial charge in [0.1, 0.15) is 12.6 Å². The summed E-state index contributed by atoms with van der Waals surface area (Å²) in [5.41, 5.74) is -0.0221. The molecule has 21 heavy (non-hydrogen) atoms. The van der Waals surface area contributed by atoms with Gasteiger partial charge in [-0.3, -0.25) is 9.20 Å². The number of hydrogen-bond acceptors (Lipinski definition) is 4. The van der Waals surface area contributed by atoms with Crippen LogP contribution in [-0.2, 0) is 16.1 Å². The van der Waals surface area contributed by atoms with Gasteiger partial charge in [-0.25, -0.2) is 14.3 Å². The van der Waals surface area contributed by atoms with Crippen molar-refractivity contribution in [3.8, 4) is 0 Å². The first-order chi connectivity index (χ1) is 9.90. The average molecular weight is 292 g/mol. The Morgan fingerprint density at radius 3 is 2.67 bits per heavy atom. The number of aliphatic carboxylic acids is 1. The maximum atomic E-state index is 12.0. The Labute approximate surface area is 120 Å². The van der Waals surface area contributed by atoms with Gasteiger partial charge in [0.25, 0.3) is 0 Å². The zero-order valence-electron chi connectivity index (χ0n) is 11.7. The lowest BCUT2D eigenvalue weighted by Crippen LogP contribution is -2.46. The SMILES string of the molecule is CC(C)[C@@H](NC(=O)Cn1nc2ccccn2c1=O)C(=O)O. The van der Waals surface area contributed by atoms with Gasteiger partial charge in [0.05, 0.1) is 0 Å². The van der Waals surface area contributed by atoms with E-state index in [-0.39, 0.29) is 12.5 Å². The van der Waals surface area contributed by atoms with Gasteiger partial charge >= 0.3 is 11.7 Å². The molecule has 0 fully saturated rings. The third kappa shape index (κ3) is 3.10. The number of amides is 1. The van der Waals surface area contributed by atoms with E-state index in [1.165, 1.54) is 4.40 Å². The number of carboxylic acid groups (broad SMARTS) is 1. The van der Waals surface area contributed by atoms with Gasteiger partial charge in [-0.2, -0.15) is 0 Å². The second-order valence-electron chi connectivity index (χ2n) is 5.00. The molecular formula is C13H16N4O4. The van der Waals surface area contributed by atoms with Gasteiger partial charge in [0.2, 0.25) is 5.91 Å². The highest BCUT2D eigenvalue weighted by atomic mass is 16.4. The van der Waals surface area contributed by atoms with Crippen LogP contribution in [0.25, 0.3) is 5.65 Å². The standard InChI is InChI=1S/C13H16N4O4/c1-8(2)11(12(19)20)14-10(18)7-17-13(21)16-6-4-3-5-9(16)15-17/h3-6,8,11H,7H2,1-2H3,(H,14,18)(H,19,20)/t11-/m1/s1. The molecule has 2 heterocycles. The number of nitrogens with zero attached hydrogens (tertiary/aromatic N) is 3. The largest absolute Gasteiger partial charge is 0.480 e. The van der Waals surface area contributed by atoms with Crippen molar-refractivity contribution < 1.29 is 14.7 Å². The minimum Gasteiger partial charge on any atom is -0.480 e. The van der Waals surface area contributed by atoms with E-state index in [0.29, 0.717) is 5.65 Å². The molecule has 0 aromatic carbocycles. The lowest BCUT2D eigenvalue weighted by Gasteiger charge is -2.17. The number of nitrogens with one attached hydrogen (secondary N) is 1. The van der Waals surface area contributed by atoms with Crippen LogP contribution < -0.4 is 11.0 Å². The molecule has 2 N–H and O–H groups in total. The fourth-order valence-corrected chi connectivity index (χ4v) is 1.94. The summed E-state index contributed by atoms with van der Waals surface area (Å²) < 4.78 is 2.31. The number of rotatable bonds is 5. The van der Waals surface area contributed by atoms with Gasteiger partial charge in [-0.1, -0.05) is 19.9 Å². The van der Waals surface area contributed by atoms with Crippen molar-refractivity contribution >= 4 is 17.5 Å². The van der Waals surface area contributed by atoms with Crippen molar-refractivity contribution in [2.75, 3.05) is 0 Å². The Balaban J connectivity index is 2.16. The van der Waals surface area contributed by atoms with E-state index in [4.69, 9.17) is 5.11 Å². The van der Waals surface area contributed by atoms with E-state index in [0.717, 1.165) is 4.68 Å². The predicted octanol–water partition coefficient (Wildman–Crippen LogP) is -0.279. The van der Waals surface area contributed by atoms with Crippen molar-refractivity contribution in [1.29, 1.82) is 0 Å². The lowest BCUT2D eigenvalue weighted by molar-refractivity contribution is -0.143. The van der Waals surface area contributed by atoms with E-state index in [2.05, 4.69) is 10.4 Å². The fraction of sp³-hybridized carbons (Fsp3) is 0.385. The van der Waals surface area contributed by atoms with Gasteiger partial charge in [-0.15, -0.1) is 5.10 Å². The molecule has 8 nitrogen and oxygen atoms in total. The Hall–Kier alpha value is -2.64. The molecule has 112 valence electrons. The lowest BCUT2D eigenvalue weighted by atomic mass is 10.1. The summed E-state index contributed by atoms with van der Waals surface area (Å²) >= 11 is 0. The quantitative estimate of drug-likeness (QED) is 0.788. The third-order valence-electron chi connectivity index (χ3n) is 3.03. The zero-order chi connectivity index (χ0) is 15.6. The number of aromatic nitrogens is 3. The average Bonchev–Trinajstić information content (AvgIpc) is 2.73. The first kappa shape index (κ1) is 14.8. The van der Waals surface area contributed by atoms with Gasteiger partial charge in [-0.05, 0) is 18.1 Å². The van der Waals surface area contributed by atoms with Crippen molar-refractivity contribution in [1.82, 2.24) is 19.5 Å². The fourth-order valence-electron chi connectivity index (χ4n) is 1.94. The maximum absolute atomic E-state index is 12.0. The highest BCUT2D eigenvalue weighted by Gasteiger charge is 2.23. The molecule has 2 rings (SSSR count). The second-order valence-corrected chi connectivity index (χ2v) is 5.00. The van der Waals surface area contributed by atoms with Crippen LogP contribution in [-0.4, -0.2) is 37.2 Å².